The third-order valence-corrected chi connectivity index (χ3v) is 3.59. The van der Waals surface area contributed by atoms with Crippen molar-refractivity contribution >= 4 is 29.7 Å². The second kappa shape index (κ2) is 6.70. The zero-order chi connectivity index (χ0) is 14.0. The van der Waals surface area contributed by atoms with E-state index in [0.717, 1.165) is 30.8 Å². The van der Waals surface area contributed by atoms with Crippen LogP contribution < -0.4 is 16.0 Å². The molecule has 0 bridgehead atoms. The van der Waals surface area contributed by atoms with E-state index in [0.29, 0.717) is 12.0 Å². The largest absolute Gasteiger partial charge is 0.399 e. The summed E-state index contributed by atoms with van der Waals surface area (Å²) < 4.78 is 0. The van der Waals surface area contributed by atoms with Crippen LogP contribution in [-0.2, 0) is 0 Å². The van der Waals surface area contributed by atoms with Crippen LogP contribution in [0.4, 0.5) is 11.4 Å². The first kappa shape index (κ1) is 16.4. The van der Waals surface area contributed by atoms with Gasteiger partial charge in [-0.05, 0) is 37.1 Å². The second-order valence-corrected chi connectivity index (χ2v) is 5.36. The summed E-state index contributed by atoms with van der Waals surface area (Å²) >= 11 is 0. The predicted molar refractivity (Wildman–Crippen MR) is 88.0 cm³/mol. The SMILES string of the molecule is Cc1cc(N2CCC(NC(=N)N(C)C)C2)ccc1N.Cl. The normalized spacial score (nSPS) is 17.6. The predicted octanol–water partition coefficient (Wildman–Crippen LogP) is 1.66. The molecule has 1 aliphatic rings. The number of guanidine groups is 1. The third kappa shape index (κ3) is 3.70. The first-order valence-corrected chi connectivity index (χ1v) is 6.61. The summed E-state index contributed by atoms with van der Waals surface area (Å²) in [4.78, 5) is 4.13. The van der Waals surface area contributed by atoms with E-state index < -0.39 is 0 Å². The van der Waals surface area contributed by atoms with Crippen LogP contribution in [0.15, 0.2) is 18.2 Å². The molecule has 0 saturated carbocycles. The van der Waals surface area contributed by atoms with Crippen molar-refractivity contribution in [2.24, 2.45) is 0 Å². The molecule has 0 spiro atoms. The van der Waals surface area contributed by atoms with E-state index in [-0.39, 0.29) is 12.4 Å². The number of hydrogen-bond acceptors (Lipinski definition) is 3. The summed E-state index contributed by atoms with van der Waals surface area (Å²) in [5.41, 5.74) is 9.02. The number of hydrogen-bond donors (Lipinski definition) is 3. The summed E-state index contributed by atoms with van der Waals surface area (Å²) in [5, 5.41) is 11.1. The standard InChI is InChI=1S/C14H23N5.ClH/c1-10-8-12(4-5-13(10)15)19-7-6-11(9-19)17-14(16)18(2)3;/h4-5,8,11H,6-7,9,15H2,1-3H3,(H2,16,17);1H. The van der Waals surface area contributed by atoms with Crippen LogP contribution in [0.3, 0.4) is 0 Å². The first-order chi connectivity index (χ1) is 8.97. The molecule has 4 N–H and O–H groups in total. The highest BCUT2D eigenvalue weighted by Gasteiger charge is 2.23. The molecule has 1 fully saturated rings. The summed E-state index contributed by atoms with van der Waals surface area (Å²) in [6, 6.07) is 6.51. The van der Waals surface area contributed by atoms with Gasteiger partial charge < -0.3 is 20.9 Å². The molecular formula is C14H24ClN5. The zero-order valence-corrected chi connectivity index (χ0v) is 13.1. The maximum Gasteiger partial charge on any atom is 0.190 e. The summed E-state index contributed by atoms with van der Waals surface area (Å²) in [6.07, 6.45) is 1.06. The molecule has 20 heavy (non-hydrogen) atoms. The van der Waals surface area contributed by atoms with Gasteiger partial charge in [-0.1, -0.05) is 0 Å². The fourth-order valence-electron chi connectivity index (χ4n) is 2.29. The number of rotatable bonds is 2. The topological polar surface area (TPSA) is 68.4 Å². The Kier molecular flexibility index (Phi) is 5.51. The van der Waals surface area contributed by atoms with Crippen LogP contribution in [-0.4, -0.2) is 44.1 Å². The fraction of sp³-hybridized carbons (Fsp3) is 0.500. The molecule has 5 nitrogen and oxygen atoms in total. The van der Waals surface area contributed by atoms with E-state index in [2.05, 4.69) is 22.3 Å². The maximum atomic E-state index is 7.82. The van der Waals surface area contributed by atoms with Crippen molar-refractivity contribution in [1.82, 2.24) is 10.2 Å². The Morgan fingerprint density at radius 1 is 1.45 bits per heavy atom. The van der Waals surface area contributed by atoms with Crippen LogP contribution in [0, 0.1) is 12.3 Å². The lowest BCUT2D eigenvalue weighted by Gasteiger charge is -2.22. The average molecular weight is 298 g/mol. The van der Waals surface area contributed by atoms with Crippen LogP contribution in [0.1, 0.15) is 12.0 Å². The number of nitrogen functional groups attached to an aromatic ring is 1. The number of benzene rings is 1. The molecule has 1 aromatic carbocycles. The molecule has 1 aliphatic heterocycles. The van der Waals surface area contributed by atoms with E-state index in [9.17, 15) is 0 Å². The summed E-state index contributed by atoms with van der Waals surface area (Å²) in [7, 11) is 3.76. The Morgan fingerprint density at radius 2 is 2.15 bits per heavy atom. The van der Waals surface area contributed by atoms with Gasteiger partial charge in [0.2, 0.25) is 0 Å². The van der Waals surface area contributed by atoms with Gasteiger partial charge >= 0.3 is 0 Å². The molecule has 6 heteroatoms. The minimum absolute atomic E-state index is 0. The van der Waals surface area contributed by atoms with Crippen molar-refractivity contribution in [3.8, 4) is 0 Å². The summed E-state index contributed by atoms with van der Waals surface area (Å²) in [5.74, 6) is 0.473. The lowest BCUT2D eigenvalue weighted by Crippen LogP contribution is -2.43. The van der Waals surface area contributed by atoms with Gasteiger partial charge in [-0.25, -0.2) is 0 Å². The average Bonchev–Trinajstić information content (AvgIpc) is 2.81. The van der Waals surface area contributed by atoms with Crippen molar-refractivity contribution in [3.05, 3.63) is 23.8 Å². The van der Waals surface area contributed by atoms with Gasteiger partial charge in [0.1, 0.15) is 0 Å². The molecule has 0 aromatic heterocycles. The van der Waals surface area contributed by atoms with Crippen molar-refractivity contribution in [1.29, 1.82) is 5.41 Å². The number of aryl methyl sites for hydroxylation is 1. The second-order valence-electron chi connectivity index (χ2n) is 5.36. The van der Waals surface area contributed by atoms with Gasteiger partial charge in [-0.2, -0.15) is 0 Å². The third-order valence-electron chi connectivity index (χ3n) is 3.59. The Morgan fingerprint density at radius 3 is 2.75 bits per heavy atom. The smallest absolute Gasteiger partial charge is 0.190 e. The Balaban J connectivity index is 0.00000200. The molecule has 112 valence electrons. The van der Waals surface area contributed by atoms with Gasteiger partial charge in [0.15, 0.2) is 5.96 Å². The first-order valence-electron chi connectivity index (χ1n) is 6.61. The highest BCUT2D eigenvalue weighted by molar-refractivity contribution is 5.85. The number of nitrogens with two attached hydrogens (primary N) is 1. The highest BCUT2D eigenvalue weighted by atomic mass is 35.5. The monoisotopic (exact) mass is 297 g/mol. The van der Waals surface area contributed by atoms with Crippen LogP contribution in [0.5, 0.6) is 0 Å². The van der Waals surface area contributed by atoms with Gasteiger partial charge in [0, 0.05) is 44.6 Å². The van der Waals surface area contributed by atoms with Crippen molar-refractivity contribution < 1.29 is 0 Å². The van der Waals surface area contributed by atoms with Crippen molar-refractivity contribution in [3.63, 3.8) is 0 Å². The van der Waals surface area contributed by atoms with E-state index in [1.165, 1.54) is 5.69 Å². The molecule has 1 aromatic rings. The number of anilines is 2. The van der Waals surface area contributed by atoms with E-state index in [1.807, 2.05) is 27.1 Å². The molecule has 0 radical (unpaired) electrons. The van der Waals surface area contributed by atoms with Gasteiger partial charge in [0.05, 0.1) is 0 Å². The molecule has 1 saturated heterocycles. The van der Waals surface area contributed by atoms with Gasteiger partial charge in [-0.15, -0.1) is 12.4 Å². The van der Waals surface area contributed by atoms with E-state index in [4.69, 9.17) is 11.1 Å². The van der Waals surface area contributed by atoms with Crippen molar-refractivity contribution in [2.75, 3.05) is 37.8 Å². The molecule has 0 amide bonds. The number of nitrogens with one attached hydrogen (secondary N) is 2. The lowest BCUT2D eigenvalue weighted by atomic mass is 10.2. The quantitative estimate of drug-likeness (QED) is 0.441. The number of nitrogens with zero attached hydrogens (tertiary/aromatic N) is 2. The minimum Gasteiger partial charge on any atom is -0.399 e. The number of halogens is 1. The molecule has 1 heterocycles. The maximum absolute atomic E-state index is 7.82. The Labute approximate surface area is 127 Å². The van der Waals surface area contributed by atoms with E-state index >= 15 is 0 Å². The Bertz CT molecular complexity index is 475. The van der Waals surface area contributed by atoms with E-state index in [1.54, 1.807) is 4.90 Å². The fourth-order valence-corrected chi connectivity index (χ4v) is 2.29. The summed E-state index contributed by atoms with van der Waals surface area (Å²) in [6.45, 7) is 3.98. The van der Waals surface area contributed by atoms with Crippen LogP contribution >= 0.6 is 12.4 Å². The highest BCUT2D eigenvalue weighted by Crippen LogP contribution is 2.24. The Hall–Kier alpha value is -1.62. The molecule has 2 rings (SSSR count). The molecular weight excluding hydrogens is 274 g/mol. The molecule has 1 atom stereocenters. The van der Waals surface area contributed by atoms with Crippen molar-refractivity contribution in [2.45, 2.75) is 19.4 Å². The van der Waals surface area contributed by atoms with Crippen LogP contribution in [0.2, 0.25) is 0 Å². The van der Waals surface area contributed by atoms with Gasteiger partial charge in [-0.3, -0.25) is 5.41 Å². The van der Waals surface area contributed by atoms with Crippen LogP contribution in [0.25, 0.3) is 0 Å². The minimum atomic E-state index is 0. The van der Waals surface area contributed by atoms with Gasteiger partial charge in [0.25, 0.3) is 0 Å². The molecule has 1 unspecified atom stereocenters. The lowest BCUT2D eigenvalue weighted by molar-refractivity contribution is 0.545. The zero-order valence-electron chi connectivity index (χ0n) is 12.3. The molecule has 0 aliphatic carbocycles.